The number of benzene rings is 1. The highest BCUT2D eigenvalue weighted by Gasteiger charge is 2.16. The first-order chi connectivity index (χ1) is 12.3. The van der Waals surface area contributed by atoms with Gasteiger partial charge in [0, 0.05) is 45.5 Å². The van der Waals surface area contributed by atoms with Crippen LogP contribution in [-0.2, 0) is 6.54 Å². The molecule has 1 saturated heterocycles. The summed E-state index contributed by atoms with van der Waals surface area (Å²) in [5, 5.41) is 12.3. The van der Waals surface area contributed by atoms with E-state index in [9.17, 15) is 0 Å². The van der Waals surface area contributed by atoms with Crippen LogP contribution in [0.5, 0.6) is 0 Å². The fourth-order valence-electron chi connectivity index (χ4n) is 3.16. The smallest absolute Gasteiger partial charge is 0.143 e. The molecule has 2 aromatic rings. The number of nitriles is 1. The van der Waals surface area contributed by atoms with Gasteiger partial charge in [-0.05, 0) is 30.7 Å². The van der Waals surface area contributed by atoms with Crippen molar-refractivity contribution in [3.63, 3.8) is 0 Å². The predicted molar refractivity (Wildman–Crippen MR) is 100 cm³/mol. The highest BCUT2D eigenvalue weighted by molar-refractivity contribution is 5.50. The van der Waals surface area contributed by atoms with E-state index in [0.29, 0.717) is 11.4 Å². The van der Waals surface area contributed by atoms with Crippen LogP contribution in [0.3, 0.4) is 0 Å². The van der Waals surface area contributed by atoms with E-state index in [2.05, 4.69) is 56.5 Å². The van der Waals surface area contributed by atoms with Crippen molar-refractivity contribution >= 4 is 5.82 Å². The Morgan fingerprint density at radius 3 is 2.52 bits per heavy atom. The van der Waals surface area contributed by atoms with Gasteiger partial charge in [0.05, 0.1) is 5.56 Å². The number of hydrogen-bond donors (Lipinski definition) is 1. The molecule has 25 heavy (non-hydrogen) atoms. The molecule has 1 aliphatic heterocycles. The number of nitrogens with zero attached hydrogens (tertiary/aromatic N) is 4. The molecule has 1 aromatic carbocycles. The maximum Gasteiger partial charge on any atom is 0.143 e. The molecule has 0 saturated carbocycles. The molecule has 0 bridgehead atoms. The molecule has 2 heterocycles. The summed E-state index contributed by atoms with van der Waals surface area (Å²) >= 11 is 0. The van der Waals surface area contributed by atoms with Gasteiger partial charge in [-0.2, -0.15) is 5.26 Å². The molecular weight excluding hydrogens is 310 g/mol. The first kappa shape index (κ1) is 17.4. The molecule has 0 aliphatic carbocycles. The SMILES string of the molecule is N#Cc1cccnc1NCCCN1CCN(Cc2ccccc2)CC1. The molecular formula is C20H25N5. The summed E-state index contributed by atoms with van der Waals surface area (Å²) in [4.78, 5) is 9.28. The third kappa shape index (κ3) is 5.28. The van der Waals surface area contributed by atoms with Gasteiger partial charge in [0.2, 0.25) is 0 Å². The fourth-order valence-corrected chi connectivity index (χ4v) is 3.16. The number of piperazine rings is 1. The second-order valence-corrected chi connectivity index (χ2v) is 6.40. The Bertz CT molecular complexity index is 687. The largest absolute Gasteiger partial charge is 0.369 e. The number of anilines is 1. The Balaban J connectivity index is 1.34. The van der Waals surface area contributed by atoms with E-state index in [1.165, 1.54) is 5.56 Å². The summed E-state index contributed by atoms with van der Waals surface area (Å²) in [6.07, 6.45) is 2.77. The third-order valence-corrected chi connectivity index (χ3v) is 4.59. The van der Waals surface area contributed by atoms with E-state index in [0.717, 1.165) is 52.2 Å². The van der Waals surface area contributed by atoms with Gasteiger partial charge in [-0.1, -0.05) is 30.3 Å². The standard InChI is InChI=1S/C20H25N5/c21-16-19-8-4-9-22-20(19)23-10-5-11-24-12-14-25(15-13-24)17-18-6-2-1-3-7-18/h1-4,6-9H,5,10-15,17H2,(H,22,23). The molecule has 0 spiro atoms. The zero-order valence-corrected chi connectivity index (χ0v) is 14.6. The average Bonchev–Trinajstić information content (AvgIpc) is 2.67. The van der Waals surface area contributed by atoms with Crippen LogP contribution >= 0.6 is 0 Å². The van der Waals surface area contributed by atoms with Crippen LogP contribution in [0, 0.1) is 11.3 Å². The van der Waals surface area contributed by atoms with Crippen molar-refractivity contribution in [1.82, 2.24) is 14.8 Å². The zero-order chi connectivity index (χ0) is 17.3. The quantitative estimate of drug-likeness (QED) is 0.788. The average molecular weight is 335 g/mol. The van der Waals surface area contributed by atoms with Gasteiger partial charge in [-0.25, -0.2) is 4.98 Å². The van der Waals surface area contributed by atoms with E-state index in [1.54, 1.807) is 18.3 Å². The second-order valence-electron chi connectivity index (χ2n) is 6.40. The topological polar surface area (TPSA) is 55.2 Å². The molecule has 5 nitrogen and oxygen atoms in total. The van der Waals surface area contributed by atoms with Gasteiger partial charge < -0.3 is 10.2 Å². The number of aromatic nitrogens is 1. The van der Waals surface area contributed by atoms with E-state index in [4.69, 9.17) is 5.26 Å². The lowest BCUT2D eigenvalue weighted by Crippen LogP contribution is -2.46. The fraction of sp³-hybridized carbons (Fsp3) is 0.400. The Labute approximate surface area is 149 Å². The Morgan fingerprint density at radius 2 is 1.76 bits per heavy atom. The van der Waals surface area contributed by atoms with Gasteiger partial charge >= 0.3 is 0 Å². The molecule has 0 radical (unpaired) electrons. The summed E-state index contributed by atoms with van der Waals surface area (Å²) in [7, 11) is 0. The number of nitrogens with one attached hydrogen (secondary N) is 1. The normalized spacial score (nSPS) is 15.6. The lowest BCUT2D eigenvalue weighted by Gasteiger charge is -2.34. The van der Waals surface area contributed by atoms with Crippen LogP contribution in [-0.4, -0.2) is 54.1 Å². The minimum atomic E-state index is 0.608. The van der Waals surface area contributed by atoms with Crippen LogP contribution in [0.2, 0.25) is 0 Å². The maximum atomic E-state index is 9.07. The molecule has 0 amide bonds. The molecule has 0 unspecified atom stereocenters. The van der Waals surface area contributed by atoms with Gasteiger partial charge in [0.15, 0.2) is 0 Å². The summed E-state index contributed by atoms with van der Waals surface area (Å²) in [5.41, 5.74) is 2.00. The van der Waals surface area contributed by atoms with Crippen molar-refractivity contribution in [1.29, 1.82) is 5.26 Å². The Kier molecular flexibility index (Phi) is 6.38. The summed E-state index contributed by atoms with van der Waals surface area (Å²) in [5.74, 6) is 0.692. The molecule has 5 heteroatoms. The Morgan fingerprint density at radius 1 is 1.00 bits per heavy atom. The highest BCUT2D eigenvalue weighted by Crippen LogP contribution is 2.11. The maximum absolute atomic E-state index is 9.07. The van der Waals surface area contributed by atoms with Gasteiger partial charge in [-0.15, -0.1) is 0 Å². The molecule has 1 N–H and O–H groups in total. The first-order valence-corrected chi connectivity index (χ1v) is 8.93. The number of rotatable bonds is 7. The van der Waals surface area contributed by atoms with Crippen molar-refractivity contribution in [2.75, 3.05) is 44.6 Å². The molecule has 3 rings (SSSR count). The third-order valence-electron chi connectivity index (χ3n) is 4.59. The van der Waals surface area contributed by atoms with Gasteiger partial charge in [0.1, 0.15) is 11.9 Å². The van der Waals surface area contributed by atoms with Crippen LogP contribution < -0.4 is 5.32 Å². The monoisotopic (exact) mass is 335 g/mol. The Hall–Kier alpha value is -2.42. The van der Waals surface area contributed by atoms with Crippen molar-refractivity contribution in [3.8, 4) is 6.07 Å². The van der Waals surface area contributed by atoms with E-state index >= 15 is 0 Å². The zero-order valence-electron chi connectivity index (χ0n) is 14.6. The molecule has 130 valence electrons. The first-order valence-electron chi connectivity index (χ1n) is 8.93. The summed E-state index contributed by atoms with van der Waals surface area (Å²) in [6, 6.07) is 16.4. The van der Waals surface area contributed by atoms with Crippen LogP contribution in [0.25, 0.3) is 0 Å². The van der Waals surface area contributed by atoms with E-state index in [1.807, 2.05) is 0 Å². The molecule has 1 aliphatic rings. The number of pyridine rings is 1. The number of hydrogen-bond acceptors (Lipinski definition) is 5. The van der Waals surface area contributed by atoms with Crippen molar-refractivity contribution in [2.45, 2.75) is 13.0 Å². The molecule has 0 atom stereocenters. The minimum Gasteiger partial charge on any atom is -0.369 e. The van der Waals surface area contributed by atoms with Crippen molar-refractivity contribution < 1.29 is 0 Å². The van der Waals surface area contributed by atoms with Crippen LogP contribution in [0.15, 0.2) is 48.7 Å². The van der Waals surface area contributed by atoms with Crippen molar-refractivity contribution in [2.24, 2.45) is 0 Å². The van der Waals surface area contributed by atoms with E-state index < -0.39 is 0 Å². The lowest BCUT2D eigenvalue weighted by atomic mass is 10.2. The lowest BCUT2D eigenvalue weighted by molar-refractivity contribution is 0.127. The van der Waals surface area contributed by atoms with Crippen molar-refractivity contribution in [3.05, 3.63) is 59.8 Å². The predicted octanol–water partition coefficient (Wildman–Crippen LogP) is 2.57. The van der Waals surface area contributed by atoms with Gasteiger partial charge in [-0.3, -0.25) is 4.90 Å². The summed E-state index contributed by atoms with van der Waals surface area (Å²) in [6.45, 7) is 7.48. The second kappa shape index (κ2) is 9.16. The van der Waals surface area contributed by atoms with Crippen LogP contribution in [0.4, 0.5) is 5.82 Å². The van der Waals surface area contributed by atoms with E-state index in [-0.39, 0.29) is 0 Å². The molecule has 1 aromatic heterocycles. The highest BCUT2D eigenvalue weighted by atomic mass is 15.3. The van der Waals surface area contributed by atoms with Gasteiger partial charge in [0.25, 0.3) is 0 Å². The van der Waals surface area contributed by atoms with Crippen LogP contribution in [0.1, 0.15) is 17.5 Å². The minimum absolute atomic E-state index is 0.608. The summed E-state index contributed by atoms with van der Waals surface area (Å²) < 4.78 is 0. The molecule has 1 fully saturated rings.